The Labute approximate surface area is 101 Å². The van der Waals surface area contributed by atoms with E-state index < -0.39 is 5.41 Å². The summed E-state index contributed by atoms with van der Waals surface area (Å²) in [6.07, 6.45) is 0. The lowest BCUT2D eigenvalue weighted by atomic mass is 9.93. The van der Waals surface area contributed by atoms with E-state index in [1.807, 2.05) is 13.8 Å². The predicted octanol–water partition coefficient (Wildman–Crippen LogP) is 1.21. The highest BCUT2D eigenvalue weighted by Crippen LogP contribution is 2.21. The lowest BCUT2D eigenvalue weighted by molar-refractivity contribution is -0.125. The van der Waals surface area contributed by atoms with Crippen molar-refractivity contribution in [1.82, 2.24) is 5.32 Å². The zero-order chi connectivity index (χ0) is 12.3. The quantitative estimate of drug-likeness (QED) is 0.783. The summed E-state index contributed by atoms with van der Waals surface area (Å²) in [6, 6.07) is 0.441. The number of hydrogen-bond donors (Lipinski definition) is 2. The van der Waals surface area contributed by atoms with Crippen LogP contribution in [-0.4, -0.2) is 29.4 Å². The van der Waals surface area contributed by atoms with Gasteiger partial charge in [-0.15, -0.1) is 0 Å². The standard InChI is InChI=1S/C11H21N3OS/c1-7-5-16-10(14-8(7)2)13-6-11(3,4)9(12)15/h7-8H,5-6H2,1-4H3,(H2,12,15)(H,13,14). The van der Waals surface area contributed by atoms with Crippen LogP contribution < -0.4 is 11.1 Å². The number of amidine groups is 1. The van der Waals surface area contributed by atoms with Gasteiger partial charge >= 0.3 is 0 Å². The van der Waals surface area contributed by atoms with Crippen LogP contribution in [0.15, 0.2) is 4.99 Å². The van der Waals surface area contributed by atoms with E-state index in [1.54, 1.807) is 11.8 Å². The normalized spacial score (nSPS) is 28.9. The summed E-state index contributed by atoms with van der Waals surface area (Å²) in [5, 5.41) is 4.27. The number of carbonyl (C=O) groups excluding carboxylic acids is 1. The molecule has 0 saturated carbocycles. The zero-order valence-corrected chi connectivity index (χ0v) is 11.2. The minimum atomic E-state index is -0.568. The zero-order valence-electron chi connectivity index (χ0n) is 10.4. The predicted molar refractivity (Wildman–Crippen MR) is 69.5 cm³/mol. The van der Waals surface area contributed by atoms with E-state index >= 15 is 0 Å². The van der Waals surface area contributed by atoms with Crippen LogP contribution in [-0.2, 0) is 4.79 Å². The molecule has 4 nitrogen and oxygen atoms in total. The molecule has 0 aliphatic carbocycles. The molecule has 0 radical (unpaired) electrons. The fraction of sp³-hybridized carbons (Fsp3) is 0.818. The Balaban J connectivity index is 2.56. The highest BCUT2D eigenvalue weighted by atomic mass is 32.2. The molecule has 92 valence electrons. The smallest absolute Gasteiger partial charge is 0.224 e. The van der Waals surface area contributed by atoms with Gasteiger partial charge in [-0.3, -0.25) is 9.79 Å². The summed E-state index contributed by atoms with van der Waals surface area (Å²) in [5.41, 5.74) is 4.73. The molecule has 2 atom stereocenters. The van der Waals surface area contributed by atoms with Crippen LogP contribution in [0.4, 0.5) is 0 Å². The summed E-state index contributed by atoms with van der Waals surface area (Å²) in [7, 11) is 0. The van der Waals surface area contributed by atoms with Crippen LogP contribution in [0.25, 0.3) is 0 Å². The maximum atomic E-state index is 11.1. The van der Waals surface area contributed by atoms with E-state index in [1.165, 1.54) is 0 Å². The number of nitrogens with zero attached hydrogens (tertiary/aromatic N) is 1. The van der Waals surface area contributed by atoms with Crippen LogP contribution in [0.3, 0.4) is 0 Å². The van der Waals surface area contributed by atoms with Gasteiger partial charge in [0.05, 0.1) is 12.0 Å². The van der Waals surface area contributed by atoms with E-state index in [9.17, 15) is 4.79 Å². The van der Waals surface area contributed by atoms with Crippen LogP contribution >= 0.6 is 11.8 Å². The summed E-state index contributed by atoms with van der Waals surface area (Å²) >= 11 is 1.71. The van der Waals surface area contributed by atoms with Gasteiger partial charge in [0.1, 0.15) is 0 Å². The van der Waals surface area contributed by atoms with Gasteiger partial charge in [-0.05, 0) is 26.7 Å². The lowest BCUT2D eigenvalue weighted by Crippen LogP contribution is -2.42. The van der Waals surface area contributed by atoms with E-state index in [4.69, 9.17) is 5.73 Å². The van der Waals surface area contributed by atoms with Crippen molar-refractivity contribution in [3.05, 3.63) is 0 Å². The first kappa shape index (κ1) is 13.4. The maximum Gasteiger partial charge on any atom is 0.224 e. The lowest BCUT2D eigenvalue weighted by Gasteiger charge is -2.29. The van der Waals surface area contributed by atoms with Crippen molar-refractivity contribution in [2.75, 3.05) is 12.3 Å². The van der Waals surface area contributed by atoms with Crippen molar-refractivity contribution < 1.29 is 4.79 Å². The van der Waals surface area contributed by atoms with Crippen LogP contribution in [0.2, 0.25) is 0 Å². The van der Waals surface area contributed by atoms with Gasteiger partial charge in [-0.1, -0.05) is 18.7 Å². The van der Waals surface area contributed by atoms with E-state index in [0.29, 0.717) is 18.5 Å². The van der Waals surface area contributed by atoms with Crippen LogP contribution in [0.5, 0.6) is 0 Å². The van der Waals surface area contributed by atoms with Gasteiger partial charge in [-0.25, -0.2) is 0 Å². The van der Waals surface area contributed by atoms with Crippen molar-refractivity contribution in [1.29, 1.82) is 0 Å². The van der Waals surface area contributed by atoms with Crippen molar-refractivity contribution >= 4 is 22.8 Å². The van der Waals surface area contributed by atoms with Crippen LogP contribution in [0, 0.1) is 11.3 Å². The Morgan fingerprint density at radius 1 is 1.62 bits per heavy atom. The fourth-order valence-electron chi connectivity index (χ4n) is 1.17. The molecular formula is C11H21N3OS. The van der Waals surface area contributed by atoms with E-state index in [-0.39, 0.29) is 5.91 Å². The first-order valence-electron chi connectivity index (χ1n) is 5.56. The molecule has 0 aromatic carbocycles. The van der Waals surface area contributed by atoms with Gasteiger partial charge in [0, 0.05) is 11.8 Å². The minimum absolute atomic E-state index is 0.306. The Morgan fingerprint density at radius 2 is 2.25 bits per heavy atom. The van der Waals surface area contributed by atoms with E-state index in [2.05, 4.69) is 24.2 Å². The Hall–Kier alpha value is -0.710. The number of thioether (sulfide) groups is 1. The molecule has 0 bridgehead atoms. The van der Waals surface area contributed by atoms with Crippen LogP contribution in [0.1, 0.15) is 27.7 Å². The second-order valence-corrected chi connectivity index (χ2v) is 6.10. The highest BCUT2D eigenvalue weighted by molar-refractivity contribution is 8.13. The third-order valence-corrected chi connectivity index (χ3v) is 4.19. The van der Waals surface area contributed by atoms with Gasteiger partial charge < -0.3 is 11.1 Å². The monoisotopic (exact) mass is 243 g/mol. The van der Waals surface area contributed by atoms with Gasteiger partial charge in [-0.2, -0.15) is 0 Å². The minimum Gasteiger partial charge on any atom is -0.369 e. The summed E-state index contributed by atoms with van der Waals surface area (Å²) in [6.45, 7) is 8.45. The highest BCUT2D eigenvalue weighted by Gasteiger charge is 2.26. The van der Waals surface area contributed by atoms with Crippen molar-refractivity contribution in [2.45, 2.75) is 33.7 Å². The summed E-state index contributed by atoms with van der Waals surface area (Å²) < 4.78 is 0. The molecule has 3 N–H and O–H groups in total. The van der Waals surface area contributed by atoms with Gasteiger partial charge in [0.15, 0.2) is 5.17 Å². The number of amides is 1. The Kier molecular flexibility index (Phi) is 4.24. The van der Waals surface area contributed by atoms with Gasteiger partial charge in [0.2, 0.25) is 5.91 Å². The molecule has 1 aliphatic rings. The second-order valence-electron chi connectivity index (χ2n) is 5.09. The Bertz CT molecular complexity index is 302. The molecule has 1 aliphatic heterocycles. The van der Waals surface area contributed by atoms with Crippen molar-refractivity contribution in [3.8, 4) is 0 Å². The number of aliphatic imine (C=N–C) groups is 1. The first-order chi connectivity index (χ1) is 7.33. The third kappa shape index (κ3) is 3.40. The average Bonchev–Trinajstić information content (AvgIpc) is 2.20. The summed E-state index contributed by atoms with van der Waals surface area (Å²) in [5.74, 6) is 1.41. The maximum absolute atomic E-state index is 11.1. The number of nitrogens with two attached hydrogens (primary N) is 1. The molecule has 1 heterocycles. The number of hydrogen-bond acceptors (Lipinski definition) is 3. The molecule has 2 unspecified atom stereocenters. The molecule has 0 aromatic rings. The molecule has 1 fully saturated rings. The molecule has 1 saturated heterocycles. The number of rotatable bonds is 3. The molecule has 1 amide bonds. The molecule has 1 rings (SSSR count). The number of primary amides is 1. The largest absolute Gasteiger partial charge is 0.369 e. The molecule has 0 aromatic heterocycles. The molecular weight excluding hydrogens is 222 g/mol. The Morgan fingerprint density at radius 3 is 2.75 bits per heavy atom. The van der Waals surface area contributed by atoms with Crippen molar-refractivity contribution in [3.63, 3.8) is 0 Å². The molecule has 5 heteroatoms. The summed E-state index contributed by atoms with van der Waals surface area (Å²) in [4.78, 5) is 15.6. The average molecular weight is 243 g/mol. The number of nitrogens with one attached hydrogen (secondary N) is 1. The molecule has 0 spiro atoms. The number of carbonyl (C=O) groups is 1. The third-order valence-electron chi connectivity index (χ3n) is 2.97. The SMILES string of the molecule is CC1CSC(=NCC(C)(C)C(N)=O)NC1C. The van der Waals surface area contributed by atoms with Crippen molar-refractivity contribution in [2.24, 2.45) is 22.1 Å². The first-order valence-corrected chi connectivity index (χ1v) is 6.55. The van der Waals surface area contributed by atoms with Gasteiger partial charge in [0.25, 0.3) is 0 Å². The van der Waals surface area contributed by atoms with E-state index in [0.717, 1.165) is 10.9 Å². The topological polar surface area (TPSA) is 67.5 Å². The second kappa shape index (κ2) is 5.08. The fourth-order valence-corrected chi connectivity index (χ4v) is 2.31. The molecule has 16 heavy (non-hydrogen) atoms.